The van der Waals surface area contributed by atoms with E-state index in [2.05, 4.69) is 0 Å². The molecule has 0 aliphatic heterocycles. The zero-order valence-corrected chi connectivity index (χ0v) is 8.28. The van der Waals surface area contributed by atoms with Gasteiger partial charge in [-0.3, -0.25) is 10.1 Å². The Bertz CT molecular complexity index is 350. The molecule has 0 aliphatic carbocycles. The molecule has 3 nitrogen and oxygen atoms in total. The average molecular weight is 212 g/mol. The molecular formula is C10H10ClNO2. The molecule has 74 valence electrons. The molecule has 0 aromatic heterocycles. The highest BCUT2D eigenvalue weighted by Gasteiger charge is 2.03. The van der Waals surface area contributed by atoms with Crippen molar-refractivity contribution in [3.8, 4) is 0 Å². The summed E-state index contributed by atoms with van der Waals surface area (Å²) in [6, 6.07) is 6.58. The van der Waals surface area contributed by atoms with Crippen LogP contribution < -0.4 is 0 Å². The van der Waals surface area contributed by atoms with Gasteiger partial charge in [-0.25, -0.2) is 0 Å². The van der Waals surface area contributed by atoms with E-state index in [0.717, 1.165) is 5.56 Å². The quantitative estimate of drug-likeness (QED) is 0.333. The third kappa shape index (κ3) is 3.18. The molecule has 0 aliphatic rings. The van der Waals surface area contributed by atoms with Gasteiger partial charge in [0, 0.05) is 18.0 Å². The summed E-state index contributed by atoms with van der Waals surface area (Å²) in [6.45, 7) is 0. The summed E-state index contributed by atoms with van der Waals surface area (Å²) in [6.07, 6.45) is 4.39. The topological polar surface area (TPSA) is 43.1 Å². The highest BCUT2D eigenvalue weighted by molar-refractivity contribution is 6.18. The highest BCUT2D eigenvalue weighted by Crippen LogP contribution is 2.13. The summed E-state index contributed by atoms with van der Waals surface area (Å²) in [7, 11) is 0. The SMILES string of the molecule is O=[N+]([O-])c1cccc(C/C=C/CCl)c1. The lowest BCUT2D eigenvalue weighted by Gasteiger charge is -1.95. The van der Waals surface area contributed by atoms with Crippen LogP contribution in [-0.4, -0.2) is 10.8 Å². The number of nitro benzene ring substituents is 1. The number of nitro groups is 1. The van der Waals surface area contributed by atoms with Gasteiger partial charge in [-0.1, -0.05) is 24.3 Å². The number of halogens is 1. The Hall–Kier alpha value is -1.35. The predicted molar refractivity (Wildman–Crippen MR) is 56.7 cm³/mol. The fourth-order valence-corrected chi connectivity index (χ4v) is 1.21. The summed E-state index contributed by atoms with van der Waals surface area (Å²) in [5, 5.41) is 10.4. The van der Waals surface area contributed by atoms with Gasteiger partial charge in [0.1, 0.15) is 0 Å². The minimum absolute atomic E-state index is 0.127. The number of benzene rings is 1. The molecule has 1 rings (SSSR count). The summed E-state index contributed by atoms with van der Waals surface area (Å²) < 4.78 is 0. The van der Waals surface area contributed by atoms with Crippen molar-refractivity contribution >= 4 is 17.3 Å². The molecule has 0 spiro atoms. The summed E-state index contributed by atoms with van der Waals surface area (Å²) in [4.78, 5) is 10.1. The minimum atomic E-state index is -0.394. The van der Waals surface area contributed by atoms with Crippen molar-refractivity contribution in [3.05, 3.63) is 52.1 Å². The maximum atomic E-state index is 10.4. The lowest BCUT2D eigenvalue weighted by molar-refractivity contribution is -0.384. The second-order valence-corrected chi connectivity index (χ2v) is 3.07. The van der Waals surface area contributed by atoms with Crippen LogP contribution in [-0.2, 0) is 6.42 Å². The number of alkyl halides is 1. The van der Waals surface area contributed by atoms with Gasteiger partial charge in [0.2, 0.25) is 0 Å². The third-order valence-corrected chi connectivity index (χ3v) is 1.91. The molecule has 0 amide bonds. The van der Waals surface area contributed by atoms with Crippen molar-refractivity contribution in [1.82, 2.24) is 0 Å². The Kier molecular flexibility index (Phi) is 4.13. The van der Waals surface area contributed by atoms with Crippen molar-refractivity contribution in [3.63, 3.8) is 0 Å². The molecule has 0 bridgehead atoms. The standard InChI is InChI=1S/C10H10ClNO2/c11-7-2-1-4-9-5-3-6-10(8-9)12(13)14/h1-3,5-6,8H,4,7H2/b2-1+. The molecule has 1 aromatic carbocycles. The zero-order chi connectivity index (χ0) is 10.4. The van der Waals surface area contributed by atoms with Crippen LogP contribution in [0.4, 0.5) is 5.69 Å². The number of non-ortho nitro benzene ring substituents is 1. The van der Waals surface area contributed by atoms with E-state index >= 15 is 0 Å². The number of nitrogens with zero attached hydrogens (tertiary/aromatic N) is 1. The van der Waals surface area contributed by atoms with Gasteiger partial charge < -0.3 is 0 Å². The molecule has 4 heteroatoms. The molecule has 0 N–H and O–H groups in total. The van der Waals surface area contributed by atoms with Crippen LogP contribution >= 0.6 is 11.6 Å². The largest absolute Gasteiger partial charge is 0.269 e. The summed E-state index contributed by atoms with van der Waals surface area (Å²) >= 11 is 5.45. The molecule has 0 radical (unpaired) electrons. The first kappa shape index (κ1) is 10.7. The highest BCUT2D eigenvalue weighted by atomic mass is 35.5. The zero-order valence-electron chi connectivity index (χ0n) is 7.52. The smallest absolute Gasteiger partial charge is 0.258 e. The first-order chi connectivity index (χ1) is 6.74. The van der Waals surface area contributed by atoms with Crippen LogP contribution in [0.1, 0.15) is 5.56 Å². The third-order valence-electron chi connectivity index (χ3n) is 1.73. The van der Waals surface area contributed by atoms with Crippen molar-refractivity contribution in [2.24, 2.45) is 0 Å². The molecule has 0 fully saturated rings. The van der Waals surface area contributed by atoms with Gasteiger partial charge >= 0.3 is 0 Å². The Morgan fingerprint density at radius 2 is 2.21 bits per heavy atom. The van der Waals surface area contributed by atoms with E-state index in [9.17, 15) is 10.1 Å². The Balaban J connectivity index is 2.73. The lowest BCUT2D eigenvalue weighted by atomic mass is 10.1. The van der Waals surface area contributed by atoms with Crippen molar-refractivity contribution in [2.75, 3.05) is 5.88 Å². The van der Waals surface area contributed by atoms with Crippen molar-refractivity contribution in [1.29, 1.82) is 0 Å². The molecule has 0 saturated carbocycles. The van der Waals surface area contributed by atoms with Crippen LogP contribution in [0.5, 0.6) is 0 Å². The van der Waals surface area contributed by atoms with Gasteiger partial charge in [0.25, 0.3) is 5.69 Å². The normalized spacial score (nSPS) is 10.6. The van der Waals surface area contributed by atoms with E-state index in [1.807, 2.05) is 18.2 Å². The van der Waals surface area contributed by atoms with E-state index in [-0.39, 0.29) is 5.69 Å². The maximum Gasteiger partial charge on any atom is 0.269 e. The van der Waals surface area contributed by atoms with Gasteiger partial charge in [-0.15, -0.1) is 11.6 Å². The predicted octanol–water partition coefficient (Wildman–Crippen LogP) is 2.93. The number of rotatable bonds is 4. The average Bonchev–Trinajstić information content (AvgIpc) is 2.19. The second kappa shape index (κ2) is 5.40. The number of allylic oxidation sites excluding steroid dienone is 2. The Labute approximate surface area is 87.2 Å². The molecule has 1 aromatic rings. The molecule has 0 atom stereocenters. The van der Waals surface area contributed by atoms with Gasteiger partial charge in [0.15, 0.2) is 0 Å². The molecule has 14 heavy (non-hydrogen) atoms. The van der Waals surface area contributed by atoms with Crippen molar-refractivity contribution in [2.45, 2.75) is 6.42 Å². The van der Waals surface area contributed by atoms with E-state index in [1.54, 1.807) is 12.1 Å². The van der Waals surface area contributed by atoms with E-state index in [4.69, 9.17) is 11.6 Å². The fourth-order valence-electron chi connectivity index (χ4n) is 1.08. The van der Waals surface area contributed by atoms with Gasteiger partial charge in [-0.05, 0) is 12.0 Å². The molecule has 0 unspecified atom stereocenters. The van der Waals surface area contributed by atoms with Gasteiger partial charge in [-0.2, -0.15) is 0 Å². The summed E-state index contributed by atoms with van der Waals surface area (Å²) in [5.74, 6) is 0.467. The van der Waals surface area contributed by atoms with Crippen LogP contribution in [0, 0.1) is 10.1 Å². The Morgan fingerprint density at radius 1 is 1.43 bits per heavy atom. The summed E-state index contributed by atoms with van der Waals surface area (Å²) in [5.41, 5.74) is 1.04. The first-order valence-corrected chi connectivity index (χ1v) is 4.72. The van der Waals surface area contributed by atoms with E-state index in [0.29, 0.717) is 12.3 Å². The Morgan fingerprint density at radius 3 is 2.86 bits per heavy atom. The molecule has 0 saturated heterocycles. The molecular weight excluding hydrogens is 202 g/mol. The van der Waals surface area contributed by atoms with Crippen LogP contribution in [0.25, 0.3) is 0 Å². The lowest BCUT2D eigenvalue weighted by Crippen LogP contribution is -1.89. The van der Waals surface area contributed by atoms with Crippen LogP contribution in [0.15, 0.2) is 36.4 Å². The van der Waals surface area contributed by atoms with Crippen LogP contribution in [0.2, 0.25) is 0 Å². The molecule has 0 heterocycles. The van der Waals surface area contributed by atoms with E-state index < -0.39 is 4.92 Å². The van der Waals surface area contributed by atoms with Crippen LogP contribution in [0.3, 0.4) is 0 Å². The minimum Gasteiger partial charge on any atom is -0.258 e. The van der Waals surface area contributed by atoms with E-state index in [1.165, 1.54) is 6.07 Å². The number of hydrogen-bond acceptors (Lipinski definition) is 2. The second-order valence-electron chi connectivity index (χ2n) is 2.76. The first-order valence-electron chi connectivity index (χ1n) is 4.18. The fraction of sp³-hybridized carbons (Fsp3) is 0.200. The van der Waals surface area contributed by atoms with Crippen molar-refractivity contribution < 1.29 is 4.92 Å². The monoisotopic (exact) mass is 211 g/mol. The number of hydrogen-bond donors (Lipinski definition) is 0. The van der Waals surface area contributed by atoms with Gasteiger partial charge in [0.05, 0.1) is 4.92 Å². The maximum absolute atomic E-state index is 10.4.